The average Bonchev–Trinajstić information content (AvgIpc) is 4.25. The number of benzene rings is 3. The minimum atomic E-state index is -5.76. The Kier molecular flexibility index (Phi) is 18.3. The van der Waals surface area contributed by atoms with Crippen LogP contribution in [0.2, 0.25) is 0 Å². The lowest BCUT2D eigenvalue weighted by atomic mass is 9.85. The van der Waals surface area contributed by atoms with Gasteiger partial charge in [-0.25, -0.2) is 4.98 Å². The molecule has 0 spiro atoms. The smallest absolute Gasteiger partial charge is 0.404 e. The second-order valence-corrected chi connectivity index (χ2v) is 26.2. The van der Waals surface area contributed by atoms with Crippen molar-refractivity contribution < 1.29 is 65.9 Å². The van der Waals surface area contributed by atoms with E-state index in [9.17, 15) is 47.8 Å². The normalized spacial score (nSPS) is 17.6. The largest absolute Gasteiger partial charge is 0.438 e. The van der Waals surface area contributed by atoms with Gasteiger partial charge < -0.3 is 34.5 Å². The molecule has 0 aliphatic carbocycles. The van der Waals surface area contributed by atoms with Crippen LogP contribution in [-0.2, 0) is 54.8 Å². The third-order valence-corrected chi connectivity index (χ3v) is 17.7. The zero-order valence-electron chi connectivity index (χ0n) is 46.4. The van der Waals surface area contributed by atoms with Crippen LogP contribution in [0.4, 0.5) is 14.5 Å². The van der Waals surface area contributed by atoms with Gasteiger partial charge in [-0.2, -0.15) is 8.78 Å². The molecule has 0 saturated carbocycles. The number of hydrogen-bond acceptors (Lipinski definition) is 14. The molecule has 7 amide bonds. The molecule has 434 valence electrons. The van der Waals surface area contributed by atoms with Gasteiger partial charge in [0.15, 0.2) is 0 Å². The molecule has 0 bridgehead atoms. The topological polar surface area (TPSA) is 242 Å². The first-order valence-electron chi connectivity index (χ1n) is 26.6. The van der Waals surface area contributed by atoms with Gasteiger partial charge in [-0.3, -0.25) is 52.8 Å². The van der Waals surface area contributed by atoms with Crippen LogP contribution in [0.15, 0.2) is 78.3 Å². The van der Waals surface area contributed by atoms with E-state index in [1.165, 1.54) is 58.9 Å². The summed E-state index contributed by atoms with van der Waals surface area (Å²) in [6.45, 7) is 9.31. The number of thiophene rings is 1. The van der Waals surface area contributed by atoms with Crippen molar-refractivity contribution in [1.29, 1.82) is 0 Å². The molecule has 2 unspecified atom stereocenters. The predicted molar refractivity (Wildman–Crippen MR) is 303 cm³/mol. The van der Waals surface area contributed by atoms with Crippen molar-refractivity contribution in [3.8, 4) is 22.4 Å². The van der Waals surface area contributed by atoms with Crippen molar-refractivity contribution in [3.63, 3.8) is 0 Å². The molecule has 5 aromatic rings. The Hall–Kier alpha value is -7.22. The Morgan fingerprint density at radius 2 is 1.73 bits per heavy atom. The molecule has 82 heavy (non-hydrogen) atoms. The van der Waals surface area contributed by atoms with Crippen molar-refractivity contribution in [2.45, 2.75) is 117 Å². The highest BCUT2D eigenvalue weighted by molar-refractivity contribution is 7.53. The molecule has 24 heteroatoms. The summed E-state index contributed by atoms with van der Waals surface area (Å²) in [4.78, 5) is 128. The maximum absolute atomic E-state index is 15.6. The second kappa shape index (κ2) is 24.7. The summed E-state index contributed by atoms with van der Waals surface area (Å²) in [6, 6.07) is 14.0. The maximum Gasteiger partial charge on any atom is 0.404 e. The molecule has 4 atom stereocenters. The monoisotopic (exact) mass is 1180 g/mol. The number of carbonyl (C=O) groups excluding carboxylic acids is 8. The van der Waals surface area contributed by atoms with E-state index in [1.807, 2.05) is 23.6 Å². The third kappa shape index (κ3) is 13.5. The van der Waals surface area contributed by atoms with Crippen LogP contribution in [0.25, 0.3) is 20.7 Å². The van der Waals surface area contributed by atoms with Gasteiger partial charge in [0.05, 0.1) is 10.3 Å². The second-order valence-electron chi connectivity index (χ2n) is 22.4. The molecule has 19 nitrogen and oxygen atoms in total. The van der Waals surface area contributed by atoms with Crippen molar-refractivity contribution in [2.24, 2.45) is 10.8 Å². The van der Waals surface area contributed by atoms with E-state index >= 15 is 8.78 Å². The lowest BCUT2D eigenvalue weighted by Gasteiger charge is -2.36. The number of carbonyl (C=O) groups is 8. The Balaban J connectivity index is 0.920. The minimum Gasteiger partial charge on any atom is -0.438 e. The van der Waals surface area contributed by atoms with Crippen LogP contribution >= 0.6 is 30.3 Å². The van der Waals surface area contributed by atoms with Gasteiger partial charge in [-0.05, 0) is 117 Å². The number of piperidine rings is 1. The number of rotatable bonds is 18. The Morgan fingerprint density at radius 3 is 2.41 bits per heavy atom. The molecule has 3 aliphatic heterocycles. The first-order valence-corrected chi connectivity index (χ1v) is 29.9. The number of amides is 7. The lowest BCUT2D eigenvalue weighted by molar-refractivity contribution is -0.160. The van der Waals surface area contributed by atoms with Crippen molar-refractivity contribution in [2.75, 3.05) is 38.4 Å². The fourth-order valence-corrected chi connectivity index (χ4v) is 12.2. The number of imide groups is 1. The molecule has 3 aliphatic rings. The molecule has 2 saturated heterocycles. The van der Waals surface area contributed by atoms with Gasteiger partial charge in [-0.15, -0.1) is 22.7 Å². The predicted octanol–water partition coefficient (Wildman–Crippen LogP) is 8.43. The summed E-state index contributed by atoms with van der Waals surface area (Å²) in [5.41, 5.74) is -4.12. The van der Waals surface area contributed by atoms with Gasteiger partial charge in [0.2, 0.25) is 36.3 Å². The van der Waals surface area contributed by atoms with E-state index in [4.69, 9.17) is 4.74 Å². The summed E-state index contributed by atoms with van der Waals surface area (Å²) in [5, 5.41) is 7.91. The van der Waals surface area contributed by atoms with E-state index in [-0.39, 0.29) is 66.9 Å². The molecule has 5 heterocycles. The van der Waals surface area contributed by atoms with Gasteiger partial charge in [0, 0.05) is 96.7 Å². The van der Waals surface area contributed by atoms with E-state index in [0.717, 1.165) is 34.0 Å². The highest BCUT2D eigenvalue weighted by Crippen LogP contribution is 2.63. The first-order chi connectivity index (χ1) is 38.7. The molecular weight excluding hydrogens is 1120 g/mol. The average molecular weight is 1180 g/mol. The molecule has 8 rings (SSSR count). The standard InChI is InChI=1S/C58H64F2N7O12PS2/c1-56(2,3)48(63-50(71)45-32-37-31-38(19-23-44(37)82-45)58(59,60)80(76,77)79-34-78-55(75)57(4,5)6)54(74)66-28-12-16-43(66)53(73)65(39-20-17-36(18-21-39)51-61-26-30-81-51)29-25-47(69)64(7)27-10-8-9-13-35-14-11-15-40-41(35)33-67(52(40)72)42-22-24-46(68)62-49(42)70/h11,14-15,17-21,23,26,30-32,42-43,48H,8,10,12,16,22,24-25,27-29,33-34H2,1-7H3,(H,63,71)(H,76,77)(H,62,68,70)/t42?,43-,48+/m0/s1. The number of anilines is 1. The van der Waals surface area contributed by atoms with Gasteiger partial charge in [0.25, 0.3) is 11.8 Å². The van der Waals surface area contributed by atoms with Gasteiger partial charge in [-0.1, -0.05) is 44.7 Å². The van der Waals surface area contributed by atoms with Gasteiger partial charge >= 0.3 is 19.2 Å². The van der Waals surface area contributed by atoms with Crippen LogP contribution in [0.1, 0.15) is 123 Å². The quantitative estimate of drug-likeness (QED) is 0.0187. The van der Waals surface area contributed by atoms with Crippen LogP contribution in [0, 0.1) is 22.7 Å². The zero-order valence-corrected chi connectivity index (χ0v) is 48.9. The number of fused-ring (bicyclic) bond motifs is 2. The summed E-state index contributed by atoms with van der Waals surface area (Å²) in [5.74, 6) is 2.44. The molecule has 0 radical (unpaired) electrons. The van der Waals surface area contributed by atoms with Crippen molar-refractivity contribution in [3.05, 3.63) is 105 Å². The number of nitrogens with one attached hydrogen (secondary N) is 2. The number of esters is 1. The number of likely N-dealkylation sites (tertiary alicyclic amines) is 1. The summed E-state index contributed by atoms with van der Waals surface area (Å²) >= 11 is 2.40. The highest BCUT2D eigenvalue weighted by atomic mass is 32.1. The summed E-state index contributed by atoms with van der Waals surface area (Å²) in [7, 11) is -4.09. The van der Waals surface area contributed by atoms with Crippen LogP contribution in [0.5, 0.6) is 0 Å². The molecule has 2 fully saturated rings. The van der Waals surface area contributed by atoms with Crippen molar-refractivity contribution >= 4 is 93.4 Å². The van der Waals surface area contributed by atoms with Crippen LogP contribution < -0.4 is 15.5 Å². The lowest BCUT2D eigenvalue weighted by Crippen LogP contribution is -2.58. The Morgan fingerprint density at radius 1 is 0.988 bits per heavy atom. The van der Waals surface area contributed by atoms with E-state index < -0.39 is 84.2 Å². The van der Waals surface area contributed by atoms with E-state index in [0.29, 0.717) is 59.3 Å². The zero-order chi connectivity index (χ0) is 59.5. The molecular formula is C58H64F2N7O12PS2. The number of halogens is 2. The first kappa shape index (κ1) is 60.9. The number of nitrogens with zero attached hydrogens (tertiary/aromatic N) is 5. The summed E-state index contributed by atoms with van der Waals surface area (Å²) < 4.78 is 53.6. The van der Waals surface area contributed by atoms with Gasteiger partial charge in [0.1, 0.15) is 23.1 Å². The molecule has 3 N–H and O–H groups in total. The minimum absolute atomic E-state index is 0.0284. The van der Waals surface area contributed by atoms with E-state index in [1.54, 1.807) is 63.2 Å². The SMILES string of the molecule is CN(CCCC#Cc1cccc2c1CN(C1CCC(=O)NC1=O)C2=O)C(=O)CCN(C(=O)[C@@H]1CCCN1C(=O)[C@@H](NC(=O)c1cc2cc(C(F)(F)P(=O)(O)OCOC(=O)C(C)(C)C)ccc2s1)C(C)(C)C)c1ccc(-c2nccs2)cc1. The summed E-state index contributed by atoms with van der Waals surface area (Å²) in [6.07, 6.45) is 3.73. The molecule has 2 aromatic heterocycles. The number of hydrogen-bond donors (Lipinski definition) is 3. The number of thiazole rings is 1. The fourth-order valence-electron chi connectivity index (χ4n) is 9.74. The number of ether oxygens (including phenoxy) is 1. The number of unbranched alkanes of at least 4 members (excludes halogenated alkanes) is 1. The number of aromatic nitrogens is 1. The fraction of sp³-hybridized carbons (Fsp3) is 0.431. The van der Waals surface area contributed by atoms with Crippen molar-refractivity contribution in [1.82, 2.24) is 30.3 Å². The maximum atomic E-state index is 15.6. The van der Waals surface area contributed by atoms with Crippen LogP contribution in [-0.4, -0.2) is 123 Å². The Labute approximate surface area is 481 Å². The highest BCUT2D eigenvalue weighted by Gasteiger charge is 2.53. The third-order valence-electron chi connectivity index (χ3n) is 14.4. The van der Waals surface area contributed by atoms with E-state index in [2.05, 4.69) is 32.0 Å². The van der Waals surface area contributed by atoms with Crippen LogP contribution in [0.3, 0.4) is 0 Å². The Bertz CT molecular complexity index is 3420. The molecule has 3 aromatic carbocycles. The number of alkyl halides is 2.